The van der Waals surface area contributed by atoms with Gasteiger partial charge in [-0.25, -0.2) is 0 Å². The molecule has 3 amide bonds. The fourth-order valence-corrected chi connectivity index (χ4v) is 4.96. The van der Waals surface area contributed by atoms with Gasteiger partial charge in [0, 0.05) is 44.8 Å². The van der Waals surface area contributed by atoms with E-state index in [0.717, 1.165) is 25.2 Å². The van der Waals surface area contributed by atoms with Crippen molar-refractivity contribution in [1.82, 2.24) is 20.0 Å². The lowest BCUT2D eigenvalue weighted by Gasteiger charge is -2.35. The number of fused-ring (bicyclic) bond motifs is 1. The molecule has 2 aliphatic rings. The van der Waals surface area contributed by atoms with Crippen molar-refractivity contribution in [3.05, 3.63) is 107 Å². The molecule has 2 heterocycles. The summed E-state index contributed by atoms with van der Waals surface area (Å²) in [7, 11) is 0. The average Bonchev–Trinajstić information content (AvgIpc) is 3.20. The summed E-state index contributed by atoms with van der Waals surface area (Å²) in [5.41, 5.74) is 3.42. The van der Waals surface area contributed by atoms with E-state index in [1.54, 1.807) is 21.9 Å². The van der Waals surface area contributed by atoms with Crippen LogP contribution in [0.4, 0.5) is 0 Å². The highest BCUT2D eigenvalue weighted by atomic mass is 16.2. The lowest BCUT2D eigenvalue weighted by molar-refractivity contribution is -0.135. The van der Waals surface area contributed by atoms with Crippen molar-refractivity contribution in [1.29, 1.82) is 0 Å². The zero-order valence-corrected chi connectivity index (χ0v) is 20.2. The fourth-order valence-electron chi connectivity index (χ4n) is 4.96. The Hall–Kier alpha value is -3.97. The lowest BCUT2D eigenvalue weighted by atomic mass is 10.0. The minimum atomic E-state index is -0.760. The van der Waals surface area contributed by atoms with Crippen molar-refractivity contribution in [3.8, 4) is 0 Å². The molecule has 1 unspecified atom stereocenters. The standard InChI is InChI=1S/C29H30N4O3/c34-26(32-17-15-31(16-18-32)20-22-9-3-1-4-10-22)19-30-28(35)27-24-13-7-8-14-25(24)29(36)33(27)21-23-11-5-2-6-12-23/h1-14,27H,15-21H2,(H,30,35). The smallest absolute Gasteiger partial charge is 0.255 e. The Bertz CT molecular complexity index is 1220. The van der Waals surface area contributed by atoms with Gasteiger partial charge in [0.25, 0.3) is 5.91 Å². The van der Waals surface area contributed by atoms with Crippen LogP contribution in [-0.2, 0) is 22.7 Å². The van der Waals surface area contributed by atoms with Crippen LogP contribution >= 0.6 is 0 Å². The summed E-state index contributed by atoms with van der Waals surface area (Å²) in [5.74, 6) is -0.606. The largest absolute Gasteiger partial charge is 0.345 e. The number of carbonyl (C=O) groups is 3. The number of nitrogens with zero attached hydrogens (tertiary/aromatic N) is 3. The Morgan fingerprint density at radius 2 is 1.33 bits per heavy atom. The number of carbonyl (C=O) groups excluding carboxylic acids is 3. The summed E-state index contributed by atoms with van der Waals surface area (Å²) >= 11 is 0. The second kappa shape index (κ2) is 10.7. The van der Waals surface area contributed by atoms with Crippen molar-refractivity contribution in [3.63, 3.8) is 0 Å². The molecular weight excluding hydrogens is 452 g/mol. The molecule has 0 radical (unpaired) electrons. The number of hydrogen-bond donors (Lipinski definition) is 1. The predicted octanol–water partition coefficient (Wildman–Crippen LogP) is 2.84. The second-order valence-corrected chi connectivity index (χ2v) is 9.27. The normalized spacial score (nSPS) is 17.7. The molecule has 2 aliphatic heterocycles. The van der Waals surface area contributed by atoms with Gasteiger partial charge in [-0.05, 0) is 22.8 Å². The first-order chi connectivity index (χ1) is 17.6. The van der Waals surface area contributed by atoms with Gasteiger partial charge in [0.15, 0.2) is 0 Å². The van der Waals surface area contributed by atoms with Crippen LogP contribution < -0.4 is 5.32 Å². The van der Waals surface area contributed by atoms with E-state index in [0.29, 0.717) is 30.8 Å². The van der Waals surface area contributed by atoms with E-state index in [-0.39, 0.29) is 24.3 Å². The fraction of sp³-hybridized carbons (Fsp3) is 0.276. The van der Waals surface area contributed by atoms with Crippen LogP contribution in [-0.4, -0.2) is 65.1 Å². The molecule has 0 spiro atoms. The molecule has 36 heavy (non-hydrogen) atoms. The average molecular weight is 483 g/mol. The molecule has 0 aromatic heterocycles. The first-order valence-electron chi connectivity index (χ1n) is 12.4. The Labute approximate surface area is 211 Å². The maximum Gasteiger partial charge on any atom is 0.255 e. The maximum absolute atomic E-state index is 13.3. The Morgan fingerprint density at radius 1 is 0.750 bits per heavy atom. The van der Waals surface area contributed by atoms with E-state index < -0.39 is 6.04 Å². The molecular formula is C29H30N4O3. The molecule has 0 saturated carbocycles. The van der Waals surface area contributed by atoms with Gasteiger partial charge in [0.1, 0.15) is 6.04 Å². The van der Waals surface area contributed by atoms with Gasteiger partial charge in [-0.3, -0.25) is 19.3 Å². The summed E-state index contributed by atoms with van der Waals surface area (Å²) in [6.45, 7) is 3.96. The van der Waals surface area contributed by atoms with Gasteiger partial charge in [-0.1, -0.05) is 78.9 Å². The third kappa shape index (κ3) is 5.16. The van der Waals surface area contributed by atoms with E-state index in [1.807, 2.05) is 60.7 Å². The van der Waals surface area contributed by atoms with Crippen molar-refractivity contribution >= 4 is 17.7 Å². The van der Waals surface area contributed by atoms with Crippen molar-refractivity contribution in [2.75, 3.05) is 32.7 Å². The summed E-state index contributed by atoms with van der Waals surface area (Å²) < 4.78 is 0. The van der Waals surface area contributed by atoms with Gasteiger partial charge in [0.05, 0.1) is 6.54 Å². The molecule has 5 rings (SSSR count). The SMILES string of the molecule is O=C(NCC(=O)N1CCN(Cc2ccccc2)CC1)C1c2ccccc2C(=O)N1Cc1ccccc1. The number of hydrogen-bond acceptors (Lipinski definition) is 4. The molecule has 1 saturated heterocycles. The van der Waals surface area contributed by atoms with Gasteiger partial charge in [-0.15, -0.1) is 0 Å². The molecule has 1 N–H and O–H groups in total. The van der Waals surface area contributed by atoms with Gasteiger partial charge >= 0.3 is 0 Å². The summed E-state index contributed by atoms with van der Waals surface area (Å²) in [4.78, 5) is 45.0. The van der Waals surface area contributed by atoms with Crippen LogP contribution in [0.1, 0.15) is 33.1 Å². The highest BCUT2D eigenvalue weighted by Gasteiger charge is 2.41. The van der Waals surface area contributed by atoms with Crippen LogP contribution in [0.15, 0.2) is 84.9 Å². The van der Waals surface area contributed by atoms with E-state index in [9.17, 15) is 14.4 Å². The number of amides is 3. The van der Waals surface area contributed by atoms with Crippen molar-refractivity contribution in [2.45, 2.75) is 19.1 Å². The van der Waals surface area contributed by atoms with Crippen LogP contribution in [0.3, 0.4) is 0 Å². The van der Waals surface area contributed by atoms with Crippen LogP contribution in [0, 0.1) is 0 Å². The summed E-state index contributed by atoms with van der Waals surface area (Å²) in [5, 5.41) is 2.81. The molecule has 3 aromatic rings. The van der Waals surface area contributed by atoms with Crippen LogP contribution in [0.2, 0.25) is 0 Å². The first kappa shape index (κ1) is 23.8. The first-order valence-corrected chi connectivity index (χ1v) is 12.4. The molecule has 7 nitrogen and oxygen atoms in total. The van der Waals surface area contributed by atoms with Crippen molar-refractivity contribution in [2.24, 2.45) is 0 Å². The summed E-state index contributed by atoms with van der Waals surface area (Å²) in [6.07, 6.45) is 0. The van der Waals surface area contributed by atoms with Gasteiger partial charge < -0.3 is 15.1 Å². The number of piperazine rings is 1. The zero-order valence-electron chi connectivity index (χ0n) is 20.2. The lowest BCUT2D eigenvalue weighted by Crippen LogP contribution is -2.51. The van der Waals surface area contributed by atoms with E-state index >= 15 is 0 Å². The van der Waals surface area contributed by atoms with Crippen molar-refractivity contribution < 1.29 is 14.4 Å². The topological polar surface area (TPSA) is 73.0 Å². The van der Waals surface area contributed by atoms with Crippen LogP contribution in [0.5, 0.6) is 0 Å². The monoisotopic (exact) mass is 482 g/mol. The highest BCUT2D eigenvalue weighted by molar-refractivity contribution is 6.05. The predicted molar refractivity (Wildman–Crippen MR) is 137 cm³/mol. The Balaban J connectivity index is 1.19. The Morgan fingerprint density at radius 3 is 2.00 bits per heavy atom. The quantitative estimate of drug-likeness (QED) is 0.562. The van der Waals surface area contributed by atoms with Crippen LogP contribution in [0.25, 0.3) is 0 Å². The number of rotatable bonds is 7. The second-order valence-electron chi connectivity index (χ2n) is 9.27. The summed E-state index contributed by atoms with van der Waals surface area (Å²) in [6, 6.07) is 26.4. The number of nitrogens with one attached hydrogen (secondary N) is 1. The molecule has 0 bridgehead atoms. The third-order valence-electron chi connectivity index (χ3n) is 6.89. The molecule has 3 aromatic carbocycles. The molecule has 184 valence electrons. The molecule has 1 fully saturated rings. The van der Waals surface area contributed by atoms with Gasteiger partial charge in [-0.2, -0.15) is 0 Å². The molecule has 1 atom stereocenters. The van der Waals surface area contributed by atoms with E-state index in [1.165, 1.54) is 5.56 Å². The minimum absolute atomic E-state index is 0.0798. The third-order valence-corrected chi connectivity index (χ3v) is 6.89. The highest BCUT2D eigenvalue weighted by Crippen LogP contribution is 2.34. The number of benzene rings is 3. The molecule has 7 heteroatoms. The van der Waals surface area contributed by atoms with E-state index in [2.05, 4.69) is 22.3 Å². The van der Waals surface area contributed by atoms with E-state index in [4.69, 9.17) is 0 Å². The Kier molecular flexibility index (Phi) is 7.09. The molecule has 0 aliphatic carbocycles. The van der Waals surface area contributed by atoms with Gasteiger partial charge in [0.2, 0.25) is 11.8 Å². The zero-order chi connectivity index (χ0) is 24.9. The minimum Gasteiger partial charge on any atom is -0.345 e. The maximum atomic E-state index is 13.3.